The molecule has 29 heavy (non-hydrogen) atoms. The summed E-state index contributed by atoms with van der Waals surface area (Å²) >= 11 is 0. The molecule has 3 N–H and O–H groups in total. The number of ether oxygens (including phenoxy) is 1. The van der Waals surface area contributed by atoms with Gasteiger partial charge < -0.3 is 14.6 Å². The Morgan fingerprint density at radius 3 is 2.66 bits per heavy atom. The van der Waals surface area contributed by atoms with Crippen LogP contribution in [0.3, 0.4) is 0 Å². The van der Waals surface area contributed by atoms with Gasteiger partial charge in [-0.25, -0.2) is 22.9 Å². The highest BCUT2D eigenvalue weighted by Gasteiger charge is 2.29. The summed E-state index contributed by atoms with van der Waals surface area (Å²) in [6.45, 7) is 0.375. The predicted molar refractivity (Wildman–Crippen MR) is 94.4 cm³/mol. The number of sulfonamides is 1. The predicted octanol–water partition coefficient (Wildman–Crippen LogP) is 1.05. The monoisotopic (exact) mass is 441 g/mol. The molecule has 1 aliphatic rings. The number of hydrogen-bond donors (Lipinski definition) is 3. The van der Waals surface area contributed by atoms with E-state index in [0.717, 1.165) is 0 Å². The average Bonchev–Trinajstić information content (AvgIpc) is 3.18. The van der Waals surface area contributed by atoms with Crippen molar-refractivity contribution in [1.82, 2.24) is 24.9 Å². The normalized spacial score (nSPS) is 16.2. The van der Waals surface area contributed by atoms with Crippen molar-refractivity contribution in [2.75, 3.05) is 25.4 Å². The van der Waals surface area contributed by atoms with Gasteiger partial charge in [0.25, 0.3) is 6.01 Å². The van der Waals surface area contributed by atoms with Gasteiger partial charge in [-0.15, -0.1) is 0 Å². The highest BCUT2D eigenvalue weighted by molar-refractivity contribution is 7.89. The molecule has 14 heteroatoms. The van der Waals surface area contributed by atoms with Gasteiger partial charge in [0.2, 0.25) is 15.9 Å². The number of hydrogen-bond acceptors (Lipinski definition) is 6. The summed E-state index contributed by atoms with van der Waals surface area (Å²) in [6, 6.07) is -1.54. The molecule has 2 heterocycles. The minimum Gasteiger partial charge on any atom is -0.455 e. The Balaban J connectivity index is 1.71. The number of imide groups is 1. The molecular weight excluding hydrogens is 419 g/mol. The number of imidazole rings is 1. The Bertz CT molecular complexity index is 827. The van der Waals surface area contributed by atoms with E-state index in [4.69, 9.17) is 0 Å². The third kappa shape index (κ3) is 7.89. The number of amides is 3. The minimum absolute atomic E-state index is 0.00899. The molecule has 0 saturated carbocycles. The van der Waals surface area contributed by atoms with Crippen molar-refractivity contribution >= 4 is 22.0 Å². The first-order chi connectivity index (χ1) is 13.5. The van der Waals surface area contributed by atoms with E-state index >= 15 is 0 Å². The summed E-state index contributed by atoms with van der Waals surface area (Å²) in [4.78, 5) is 29.9. The topological polar surface area (TPSA) is 133 Å². The fraction of sp³-hybridized carbons (Fsp3) is 0.667. The lowest BCUT2D eigenvalue weighted by molar-refractivity contribution is -0.154. The quantitative estimate of drug-likeness (QED) is 0.347. The minimum atomic E-state index is -4.51. The SMILES string of the molecule is CC(NS(=O)(=O)CCCCCN1CC(=O)NC1=O)c1cnc(OCC(F)(F)F)[nH]1. The van der Waals surface area contributed by atoms with E-state index in [1.807, 2.05) is 0 Å². The number of nitrogens with one attached hydrogen (secondary N) is 3. The Morgan fingerprint density at radius 2 is 2.03 bits per heavy atom. The molecule has 10 nitrogen and oxygen atoms in total. The van der Waals surface area contributed by atoms with E-state index in [1.54, 1.807) is 0 Å². The van der Waals surface area contributed by atoms with Crippen molar-refractivity contribution in [2.45, 2.75) is 38.4 Å². The van der Waals surface area contributed by atoms with Crippen molar-refractivity contribution in [3.63, 3.8) is 0 Å². The number of nitrogens with zero attached hydrogens (tertiary/aromatic N) is 2. The van der Waals surface area contributed by atoms with E-state index in [-0.39, 0.29) is 29.9 Å². The number of halogens is 3. The zero-order chi connectivity index (χ0) is 21.7. The maximum Gasteiger partial charge on any atom is 0.422 e. The molecule has 1 fully saturated rings. The molecule has 1 saturated heterocycles. The summed E-state index contributed by atoms with van der Waals surface area (Å²) in [5, 5.41) is 2.16. The Labute approximate surface area is 165 Å². The zero-order valence-corrected chi connectivity index (χ0v) is 16.4. The van der Waals surface area contributed by atoms with Gasteiger partial charge in [-0.3, -0.25) is 10.1 Å². The number of aromatic nitrogens is 2. The zero-order valence-electron chi connectivity index (χ0n) is 15.6. The van der Waals surface area contributed by atoms with Crippen LogP contribution in [0.25, 0.3) is 0 Å². The molecule has 164 valence electrons. The number of unbranched alkanes of at least 4 members (excludes halogenated alkanes) is 2. The third-order valence-corrected chi connectivity index (χ3v) is 5.52. The average molecular weight is 441 g/mol. The number of carbonyl (C=O) groups is 2. The van der Waals surface area contributed by atoms with Crippen LogP contribution >= 0.6 is 0 Å². The fourth-order valence-corrected chi connectivity index (χ4v) is 3.95. The molecule has 0 bridgehead atoms. The maximum absolute atomic E-state index is 12.1. The van der Waals surface area contributed by atoms with Crippen LogP contribution in [-0.4, -0.2) is 66.8 Å². The van der Waals surface area contributed by atoms with Gasteiger partial charge in [0, 0.05) is 6.54 Å². The molecule has 1 aromatic heterocycles. The van der Waals surface area contributed by atoms with E-state index in [9.17, 15) is 31.2 Å². The van der Waals surface area contributed by atoms with Crippen molar-refractivity contribution < 1.29 is 35.9 Å². The van der Waals surface area contributed by atoms with Crippen LogP contribution in [0, 0.1) is 0 Å². The number of urea groups is 1. The molecule has 0 spiro atoms. The van der Waals surface area contributed by atoms with Crippen LogP contribution < -0.4 is 14.8 Å². The lowest BCUT2D eigenvalue weighted by atomic mass is 10.2. The highest BCUT2D eigenvalue weighted by atomic mass is 32.2. The van der Waals surface area contributed by atoms with Gasteiger partial charge in [-0.1, -0.05) is 6.42 Å². The fourth-order valence-electron chi connectivity index (χ4n) is 2.59. The standard InChI is InChI=1S/C15H22F3N5O5S/c1-10(11-7-19-13(20-11)28-9-15(16,17)18)22-29(26,27)6-4-2-3-5-23-8-12(24)21-14(23)25/h7,10,22H,2-6,8-9H2,1H3,(H,19,20)(H,21,24,25). The van der Waals surface area contributed by atoms with E-state index < -0.39 is 34.9 Å². The van der Waals surface area contributed by atoms with Crippen LogP contribution in [0.1, 0.15) is 37.9 Å². The Hall–Kier alpha value is -2.35. The lowest BCUT2D eigenvalue weighted by Gasteiger charge is -2.14. The molecule has 1 aliphatic heterocycles. The van der Waals surface area contributed by atoms with Crippen LogP contribution in [0.2, 0.25) is 0 Å². The van der Waals surface area contributed by atoms with Gasteiger partial charge in [0.1, 0.15) is 6.54 Å². The summed E-state index contributed by atoms with van der Waals surface area (Å²) in [5.74, 6) is -0.518. The molecule has 2 rings (SSSR count). The first-order valence-electron chi connectivity index (χ1n) is 8.78. The van der Waals surface area contributed by atoms with Gasteiger partial charge in [0.05, 0.1) is 23.7 Å². The van der Waals surface area contributed by atoms with Crippen molar-refractivity contribution in [1.29, 1.82) is 0 Å². The summed E-state index contributed by atoms with van der Waals surface area (Å²) < 4.78 is 67.6. The summed E-state index contributed by atoms with van der Waals surface area (Å²) in [6.07, 6.45) is -1.89. The van der Waals surface area contributed by atoms with Gasteiger partial charge in [-0.2, -0.15) is 13.2 Å². The van der Waals surface area contributed by atoms with E-state index in [0.29, 0.717) is 25.8 Å². The first-order valence-corrected chi connectivity index (χ1v) is 10.4. The summed E-state index contributed by atoms with van der Waals surface area (Å²) in [5.41, 5.74) is 0.260. The molecule has 3 amide bonds. The maximum atomic E-state index is 12.1. The number of H-pyrrole nitrogens is 1. The molecule has 0 aromatic carbocycles. The second-order valence-electron chi connectivity index (χ2n) is 6.54. The molecular formula is C15H22F3N5O5S. The van der Waals surface area contributed by atoms with Crippen molar-refractivity contribution in [3.8, 4) is 6.01 Å². The molecule has 1 aromatic rings. The molecule has 0 aliphatic carbocycles. The second kappa shape index (κ2) is 9.43. The van der Waals surface area contributed by atoms with Crippen LogP contribution in [0.15, 0.2) is 6.20 Å². The van der Waals surface area contributed by atoms with Crippen LogP contribution in [0.4, 0.5) is 18.0 Å². The lowest BCUT2D eigenvalue weighted by Crippen LogP contribution is -2.30. The van der Waals surface area contributed by atoms with Gasteiger partial charge >= 0.3 is 12.2 Å². The smallest absolute Gasteiger partial charge is 0.422 e. The van der Waals surface area contributed by atoms with Crippen molar-refractivity contribution in [2.24, 2.45) is 0 Å². The van der Waals surface area contributed by atoms with Crippen LogP contribution in [-0.2, 0) is 14.8 Å². The first kappa shape index (κ1) is 22.9. The summed E-state index contributed by atoms with van der Waals surface area (Å²) in [7, 11) is -3.64. The Kier molecular flexibility index (Phi) is 7.46. The van der Waals surface area contributed by atoms with E-state index in [2.05, 4.69) is 24.7 Å². The molecule has 1 unspecified atom stereocenters. The largest absolute Gasteiger partial charge is 0.455 e. The van der Waals surface area contributed by atoms with Crippen molar-refractivity contribution in [3.05, 3.63) is 11.9 Å². The number of aromatic amines is 1. The van der Waals surface area contributed by atoms with Gasteiger partial charge in [-0.05, 0) is 19.8 Å². The second-order valence-corrected chi connectivity index (χ2v) is 8.41. The van der Waals surface area contributed by atoms with Gasteiger partial charge in [0.15, 0.2) is 6.61 Å². The number of carbonyl (C=O) groups excluding carboxylic acids is 2. The third-order valence-electron chi connectivity index (χ3n) is 3.98. The molecule has 0 radical (unpaired) electrons. The number of rotatable bonds is 11. The Morgan fingerprint density at radius 1 is 1.31 bits per heavy atom. The van der Waals surface area contributed by atoms with Crippen LogP contribution in [0.5, 0.6) is 6.01 Å². The number of alkyl halides is 3. The molecule has 1 atom stereocenters. The highest BCUT2D eigenvalue weighted by Crippen LogP contribution is 2.18. The van der Waals surface area contributed by atoms with E-state index in [1.165, 1.54) is 18.0 Å².